The minimum Gasteiger partial charge on any atom is -0.325 e. The number of H-pyrrole nitrogens is 1. The Morgan fingerprint density at radius 2 is 1.63 bits per heavy atom. The number of thioether (sulfide) groups is 2. The molecule has 0 bridgehead atoms. The molecule has 2 heterocycles. The van der Waals surface area contributed by atoms with Crippen molar-refractivity contribution in [3.63, 3.8) is 0 Å². The van der Waals surface area contributed by atoms with Crippen molar-refractivity contribution in [3.8, 4) is 11.4 Å². The minimum atomic E-state index is -0.150. The summed E-state index contributed by atoms with van der Waals surface area (Å²) in [6.45, 7) is 2.08. The van der Waals surface area contributed by atoms with Crippen molar-refractivity contribution in [1.82, 2.24) is 20.2 Å². The zero-order valence-electron chi connectivity index (χ0n) is 20.4. The van der Waals surface area contributed by atoms with Crippen LogP contribution in [-0.4, -0.2) is 43.5 Å². The van der Waals surface area contributed by atoms with Crippen molar-refractivity contribution in [3.05, 3.63) is 78.4 Å². The number of nitrogens with one attached hydrogen (secondary N) is 3. The quantitative estimate of drug-likeness (QED) is 0.177. The molecule has 0 radical (unpaired) electrons. The van der Waals surface area contributed by atoms with Crippen LogP contribution in [0.15, 0.2) is 82.3 Å². The first-order valence-electron chi connectivity index (χ1n) is 11.9. The number of rotatable bonds is 10. The number of carbonyl (C=O) groups is 2. The van der Waals surface area contributed by atoms with Gasteiger partial charge in [-0.15, -0.1) is 16.4 Å². The maximum Gasteiger partial charge on any atom is 0.234 e. The number of hydrogen-bond acceptors (Lipinski definition) is 8. The summed E-state index contributed by atoms with van der Waals surface area (Å²) in [5.41, 5.74) is 4.44. The summed E-state index contributed by atoms with van der Waals surface area (Å²) in [5, 5.41) is 13.5. The van der Waals surface area contributed by atoms with Crippen LogP contribution in [0.1, 0.15) is 12.5 Å². The van der Waals surface area contributed by atoms with Gasteiger partial charge in [-0.1, -0.05) is 72.9 Å². The third kappa shape index (κ3) is 6.80. The van der Waals surface area contributed by atoms with Gasteiger partial charge in [0.25, 0.3) is 0 Å². The van der Waals surface area contributed by atoms with E-state index in [-0.39, 0.29) is 23.3 Å². The Bertz CT molecular complexity index is 1570. The first-order chi connectivity index (χ1) is 18.6. The molecule has 11 heteroatoms. The van der Waals surface area contributed by atoms with E-state index in [0.29, 0.717) is 16.7 Å². The van der Waals surface area contributed by atoms with Crippen molar-refractivity contribution in [2.75, 3.05) is 22.1 Å². The number of aryl methyl sites for hydroxylation is 1. The third-order valence-electron chi connectivity index (χ3n) is 5.44. The molecule has 5 rings (SSSR count). The molecule has 0 aliphatic heterocycles. The SMILES string of the molecule is CCc1cccc(NC(=O)CSc2nc3ccc(NC(=O)CSc4n[nH]c(-c5ccccc5)n4)cc3s2)c1. The Kier molecular flexibility index (Phi) is 8.37. The molecule has 0 fully saturated rings. The highest BCUT2D eigenvalue weighted by molar-refractivity contribution is 8.01. The van der Waals surface area contributed by atoms with Crippen LogP contribution in [0, 0.1) is 0 Å². The third-order valence-corrected chi connectivity index (χ3v) is 8.45. The van der Waals surface area contributed by atoms with E-state index in [1.165, 1.54) is 40.4 Å². The van der Waals surface area contributed by atoms with E-state index in [1.807, 2.05) is 72.8 Å². The van der Waals surface area contributed by atoms with E-state index in [4.69, 9.17) is 0 Å². The summed E-state index contributed by atoms with van der Waals surface area (Å²) >= 11 is 4.16. The predicted molar refractivity (Wildman–Crippen MR) is 156 cm³/mol. The zero-order chi connectivity index (χ0) is 26.3. The van der Waals surface area contributed by atoms with Gasteiger partial charge in [-0.2, -0.15) is 0 Å². The minimum absolute atomic E-state index is 0.0738. The average molecular weight is 561 g/mol. The molecule has 0 aliphatic carbocycles. The molecule has 38 heavy (non-hydrogen) atoms. The van der Waals surface area contributed by atoms with Gasteiger partial charge in [0.15, 0.2) is 10.2 Å². The van der Waals surface area contributed by atoms with Gasteiger partial charge in [-0.05, 0) is 42.3 Å². The molecule has 0 spiro atoms. The molecular weight excluding hydrogens is 537 g/mol. The first-order valence-corrected chi connectivity index (χ1v) is 14.7. The summed E-state index contributed by atoms with van der Waals surface area (Å²) in [7, 11) is 0. The lowest BCUT2D eigenvalue weighted by Crippen LogP contribution is -2.14. The Labute approximate surface area is 232 Å². The fourth-order valence-corrected chi connectivity index (χ4v) is 6.11. The second-order valence-electron chi connectivity index (χ2n) is 8.22. The molecule has 0 aliphatic rings. The molecule has 3 N–H and O–H groups in total. The molecule has 8 nitrogen and oxygen atoms in total. The van der Waals surface area contributed by atoms with Gasteiger partial charge in [0.05, 0.1) is 21.7 Å². The van der Waals surface area contributed by atoms with Crippen LogP contribution in [-0.2, 0) is 16.0 Å². The molecule has 192 valence electrons. The summed E-state index contributed by atoms with van der Waals surface area (Å²) in [6.07, 6.45) is 0.919. The molecule has 2 amide bonds. The first kappa shape index (κ1) is 26.0. The van der Waals surface area contributed by atoms with Crippen molar-refractivity contribution in [2.45, 2.75) is 22.8 Å². The second kappa shape index (κ2) is 12.2. The highest BCUT2D eigenvalue weighted by Crippen LogP contribution is 2.31. The lowest BCUT2D eigenvalue weighted by atomic mass is 10.1. The molecule has 0 unspecified atom stereocenters. The summed E-state index contributed by atoms with van der Waals surface area (Å²) in [5.74, 6) is 0.897. The number of amides is 2. The largest absolute Gasteiger partial charge is 0.325 e. The number of aromatic amines is 1. The number of aromatic nitrogens is 4. The van der Waals surface area contributed by atoms with E-state index in [2.05, 4.69) is 37.7 Å². The molecular formula is C27H24N6O2S3. The van der Waals surface area contributed by atoms with Crippen LogP contribution >= 0.6 is 34.9 Å². The van der Waals surface area contributed by atoms with Gasteiger partial charge < -0.3 is 10.6 Å². The summed E-state index contributed by atoms with van der Waals surface area (Å²) < 4.78 is 1.74. The highest BCUT2D eigenvalue weighted by atomic mass is 32.2. The Morgan fingerprint density at radius 1 is 0.868 bits per heavy atom. The van der Waals surface area contributed by atoms with Gasteiger partial charge in [0.1, 0.15) is 0 Å². The van der Waals surface area contributed by atoms with Crippen LogP contribution in [0.5, 0.6) is 0 Å². The van der Waals surface area contributed by atoms with Crippen LogP contribution in [0.4, 0.5) is 11.4 Å². The van der Waals surface area contributed by atoms with E-state index in [0.717, 1.165) is 32.2 Å². The second-order valence-corrected chi connectivity index (χ2v) is 11.4. The molecule has 0 atom stereocenters. The van der Waals surface area contributed by atoms with E-state index in [9.17, 15) is 9.59 Å². The van der Waals surface area contributed by atoms with Gasteiger partial charge in [-0.3, -0.25) is 14.7 Å². The van der Waals surface area contributed by atoms with Crippen molar-refractivity contribution >= 4 is 68.3 Å². The molecule has 0 saturated heterocycles. The van der Waals surface area contributed by atoms with Crippen LogP contribution in [0.2, 0.25) is 0 Å². The summed E-state index contributed by atoms with van der Waals surface area (Å²) in [6, 6.07) is 23.2. The number of fused-ring (bicyclic) bond motifs is 1. The van der Waals surface area contributed by atoms with E-state index < -0.39 is 0 Å². The van der Waals surface area contributed by atoms with Gasteiger partial charge in [0, 0.05) is 16.9 Å². The normalized spacial score (nSPS) is 11.0. The lowest BCUT2D eigenvalue weighted by molar-refractivity contribution is -0.114. The number of nitrogens with zero attached hydrogens (tertiary/aromatic N) is 3. The van der Waals surface area contributed by atoms with Gasteiger partial charge in [-0.25, -0.2) is 9.97 Å². The number of hydrogen-bond donors (Lipinski definition) is 3. The van der Waals surface area contributed by atoms with Crippen LogP contribution < -0.4 is 10.6 Å². The fourth-order valence-electron chi connectivity index (χ4n) is 3.60. The van der Waals surface area contributed by atoms with Crippen molar-refractivity contribution < 1.29 is 9.59 Å². The Hall–Kier alpha value is -3.67. The van der Waals surface area contributed by atoms with E-state index >= 15 is 0 Å². The number of thiazole rings is 1. The summed E-state index contributed by atoms with van der Waals surface area (Å²) in [4.78, 5) is 34.0. The van der Waals surface area contributed by atoms with Crippen molar-refractivity contribution in [2.24, 2.45) is 0 Å². The maximum absolute atomic E-state index is 12.5. The van der Waals surface area contributed by atoms with Crippen LogP contribution in [0.3, 0.4) is 0 Å². The molecule has 0 saturated carbocycles. The zero-order valence-corrected chi connectivity index (χ0v) is 22.9. The molecule has 2 aromatic heterocycles. The van der Waals surface area contributed by atoms with E-state index in [1.54, 1.807) is 0 Å². The van der Waals surface area contributed by atoms with Gasteiger partial charge in [0.2, 0.25) is 17.0 Å². The number of anilines is 2. The number of carbonyl (C=O) groups excluding carboxylic acids is 2. The topological polar surface area (TPSA) is 113 Å². The number of benzene rings is 3. The Balaban J connectivity index is 1.12. The lowest BCUT2D eigenvalue weighted by Gasteiger charge is -2.05. The maximum atomic E-state index is 12.5. The van der Waals surface area contributed by atoms with Crippen molar-refractivity contribution in [1.29, 1.82) is 0 Å². The molecule has 5 aromatic rings. The predicted octanol–water partition coefficient (Wildman–Crippen LogP) is 6.11. The molecule has 3 aromatic carbocycles. The van der Waals surface area contributed by atoms with Crippen LogP contribution in [0.25, 0.3) is 21.6 Å². The fraction of sp³-hybridized carbons (Fsp3) is 0.148. The standard InChI is InChI=1S/C27H24N6O2S3/c1-2-17-7-6-10-19(13-17)28-24(35)16-37-27-30-21-12-11-20(14-22(21)38-27)29-23(34)15-36-26-31-25(32-33-26)18-8-4-3-5-9-18/h3-14H,2,15-16H2,1H3,(H,28,35)(H,29,34)(H,31,32,33). The highest BCUT2D eigenvalue weighted by Gasteiger charge is 2.12. The smallest absolute Gasteiger partial charge is 0.234 e. The Morgan fingerprint density at radius 3 is 2.42 bits per heavy atom. The average Bonchev–Trinajstić information content (AvgIpc) is 3.58. The monoisotopic (exact) mass is 560 g/mol. The van der Waals surface area contributed by atoms with Gasteiger partial charge >= 0.3 is 0 Å².